The molecule has 0 aliphatic heterocycles. The summed E-state index contributed by atoms with van der Waals surface area (Å²) < 4.78 is 42.2. The van der Waals surface area contributed by atoms with Crippen molar-refractivity contribution in [2.24, 2.45) is 0 Å². The molecule has 0 aliphatic rings. The van der Waals surface area contributed by atoms with E-state index >= 15 is 0 Å². The van der Waals surface area contributed by atoms with Gasteiger partial charge in [0.1, 0.15) is 0 Å². The van der Waals surface area contributed by atoms with Gasteiger partial charge in [0.15, 0.2) is 0 Å². The molecule has 2 nitrogen and oxygen atoms in total. The molecule has 0 saturated carbocycles. The topological polar surface area (TPSA) is 21.3 Å². The van der Waals surface area contributed by atoms with Crippen LogP contribution in [0.15, 0.2) is 24.3 Å². The molecule has 0 heterocycles. The van der Waals surface area contributed by atoms with Gasteiger partial charge in [-0.3, -0.25) is 0 Å². The van der Waals surface area contributed by atoms with Crippen LogP contribution >= 0.6 is 0 Å². The van der Waals surface area contributed by atoms with Gasteiger partial charge in [-0.05, 0) is 24.5 Å². The smallest absolute Gasteiger partial charge is 0.372 e. The van der Waals surface area contributed by atoms with Gasteiger partial charge in [-0.2, -0.15) is 13.2 Å². The number of benzene rings is 1. The third-order valence-electron chi connectivity index (χ3n) is 3.17. The molecule has 5 heteroatoms. The van der Waals surface area contributed by atoms with Crippen LogP contribution in [-0.4, -0.2) is 25.4 Å². The number of hydrogen-bond acceptors (Lipinski definition) is 2. The number of halogens is 3. The molecule has 0 fully saturated rings. The zero-order valence-corrected chi connectivity index (χ0v) is 12.8. The van der Waals surface area contributed by atoms with Crippen LogP contribution in [0.2, 0.25) is 0 Å². The normalized spacial score (nSPS) is 13.7. The Bertz CT molecular complexity index is 418. The maximum Gasteiger partial charge on any atom is 0.389 e. The Morgan fingerprint density at radius 3 is 2.43 bits per heavy atom. The van der Waals surface area contributed by atoms with E-state index in [0.717, 1.165) is 11.1 Å². The Balaban J connectivity index is 2.59. The van der Waals surface area contributed by atoms with Crippen molar-refractivity contribution in [1.82, 2.24) is 5.32 Å². The Labute approximate surface area is 124 Å². The third kappa shape index (κ3) is 7.48. The Morgan fingerprint density at radius 1 is 1.19 bits per heavy atom. The summed E-state index contributed by atoms with van der Waals surface area (Å²) in [6.07, 6.45) is -5.14. The van der Waals surface area contributed by atoms with E-state index < -0.39 is 12.6 Å². The predicted octanol–water partition coefficient (Wildman–Crippen LogP) is 4.39. The zero-order chi connectivity index (χ0) is 15.9. The molecule has 0 aliphatic carbocycles. The molecule has 21 heavy (non-hydrogen) atoms. The van der Waals surface area contributed by atoms with Gasteiger partial charge in [0.25, 0.3) is 0 Å². The molecule has 0 bridgehead atoms. The van der Waals surface area contributed by atoms with Crippen molar-refractivity contribution < 1.29 is 17.9 Å². The second-order valence-corrected chi connectivity index (χ2v) is 5.50. The Hall–Kier alpha value is -1.07. The van der Waals surface area contributed by atoms with E-state index in [1.165, 1.54) is 0 Å². The summed E-state index contributed by atoms with van der Waals surface area (Å²) in [5.41, 5.74) is 2.11. The lowest BCUT2D eigenvalue weighted by atomic mass is 10.0. The number of hydrogen-bond donors (Lipinski definition) is 1. The molecule has 0 amide bonds. The molecule has 0 radical (unpaired) electrons. The van der Waals surface area contributed by atoms with Gasteiger partial charge in [0, 0.05) is 25.6 Å². The average Bonchev–Trinajstić information content (AvgIpc) is 2.37. The monoisotopic (exact) mass is 303 g/mol. The predicted molar refractivity (Wildman–Crippen MR) is 78.3 cm³/mol. The van der Waals surface area contributed by atoms with E-state index in [4.69, 9.17) is 4.74 Å². The van der Waals surface area contributed by atoms with Crippen molar-refractivity contribution in [2.75, 3.05) is 13.2 Å². The maximum atomic E-state index is 12.2. The second kappa shape index (κ2) is 8.39. The highest BCUT2D eigenvalue weighted by molar-refractivity contribution is 5.28. The average molecular weight is 303 g/mol. The maximum absolute atomic E-state index is 12.2. The number of aryl methyl sites for hydroxylation is 1. The van der Waals surface area contributed by atoms with Crippen molar-refractivity contribution in [3.8, 4) is 0 Å². The van der Waals surface area contributed by atoms with E-state index in [0.29, 0.717) is 12.6 Å². The molecule has 0 spiro atoms. The number of rotatable bonds is 8. The minimum absolute atomic E-state index is 0.00639. The molecule has 0 aromatic heterocycles. The zero-order valence-electron chi connectivity index (χ0n) is 12.8. The van der Waals surface area contributed by atoms with Crippen molar-refractivity contribution in [2.45, 2.75) is 51.9 Å². The van der Waals surface area contributed by atoms with Crippen LogP contribution in [-0.2, 0) is 4.74 Å². The number of alkyl halides is 3. The minimum Gasteiger partial charge on any atom is -0.372 e. The molecule has 1 unspecified atom stereocenters. The third-order valence-corrected chi connectivity index (χ3v) is 3.17. The molecule has 1 aromatic rings. The van der Waals surface area contributed by atoms with Crippen LogP contribution < -0.4 is 5.32 Å². The lowest BCUT2D eigenvalue weighted by Crippen LogP contribution is -2.29. The molecule has 1 N–H and O–H groups in total. The first-order valence-corrected chi connectivity index (χ1v) is 7.27. The first-order valence-electron chi connectivity index (χ1n) is 7.27. The van der Waals surface area contributed by atoms with E-state index in [1.54, 1.807) is 0 Å². The molecule has 1 atom stereocenters. The fourth-order valence-electron chi connectivity index (χ4n) is 2.05. The van der Waals surface area contributed by atoms with Gasteiger partial charge in [-0.15, -0.1) is 0 Å². The van der Waals surface area contributed by atoms with E-state index in [9.17, 15) is 13.2 Å². The van der Waals surface area contributed by atoms with Gasteiger partial charge in [0.2, 0.25) is 0 Å². The van der Waals surface area contributed by atoms with Crippen molar-refractivity contribution in [1.29, 1.82) is 0 Å². The van der Waals surface area contributed by atoms with Gasteiger partial charge in [-0.25, -0.2) is 0 Å². The molecule has 1 rings (SSSR count). The number of nitrogens with one attached hydrogen (secondary N) is 1. The van der Waals surface area contributed by atoms with Crippen LogP contribution in [0, 0.1) is 6.92 Å². The second-order valence-electron chi connectivity index (χ2n) is 5.50. The van der Waals surface area contributed by atoms with E-state index in [2.05, 4.69) is 5.32 Å². The van der Waals surface area contributed by atoms with Crippen LogP contribution in [0.3, 0.4) is 0 Å². The first-order chi connectivity index (χ1) is 9.79. The lowest BCUT2D eigenvalue weighted by Gasteiger charge is -2.22. The number of ether oxygens (including phenoxy) is 1. The lowest BCUT2D eigenvalue weighted by molar-refractivity contribution is -0.138. The summed E-state index contributed by atoms with van der Waals surface area (Å²) in [5, 5.41) is 3.28. The summed E-state index contributed by atoms with van der Waals surface area (Å²) in [6.45, 7) is 6.74. The molecular weight excluding hydrogens is 279 g/mol. The van der Waals surface area contributed by atoms with Crippen LogP contribution in [0.25, 0.3) is 0 Å². The summed E-state index contributed by atoms with van der Waals surface area (Å²) >= 11 is 0. The summed E-state index contributed by atoms with van der Waals surface area (Å²) in [6, 6.07) is 8.11. The summed E-state index contributed by atoms with van der Waals surface area (Å²) in [4.78, 5) is 0. The fourth-order valence-corrected chi connectivity index (χ4v) is 2.05. The SMILES string of the molecule is Cc1ccccc1C(CNC(C)C)OCCCC(F)(F)F. The standard InChI is InChI=1S/C16H24F3NO/c1-12(2)20-11-15(14-8-5-4-7-13(14)3)21-10-6-9-16(17,18)19/h4-5,7-8,12,15,20H,6,9-11H2,1-3H3. The fraction of sp³-hybridized carbons (Fsp3) is 0.625. The van der Waals surface area contributed by atoms with Gasteiger partial charge >= 0.3 is 6.18 Å². The van der Waals surface area contributed by atoms with Gasteiger partial charge in [0.05, 0.1) is 6.10 Å². The minimum atomic E-state index is -4.11. The summed E-state index contributed by atoms with van der Waals surface area (Å²) in [5.74, 6) is 0. The summed E-state index contributed by atoms with van der Waals surface area (Å²) in [7, 11) is 0. The first kappa shape index (κ1) is 18.0. The Morgan fingerprint density at radius 2 is 1.86 bits per heavy atom. The highest BCUT2D eigenvalue weighted by Gasteiger charge is 2.26. The van der Waals surface area contributed by atoms with Crippen LogP contribution in [0.4, 0.5) is 13.2 Å². The molecule has 0 saturated heterocycles. The van der Waals surface area contributed by atoms with Crippen molar-refractivity contribution in [3.63, 3.8) is 0 Å². The van der Waals surface area contributed by atoms with E-state index in [-0.39, 0.29) is 19.1 Å². The van der Waals surface area contributed by atoms with Crippen molar-refractivity contribution >= 4 is 0 Å². The van der Waals surface area contributed by atoms with Crippen LogP contribution in [0.1, 0.15) is 43.9 Å². The molecular formula is C16H24F3NO. The highest BCUT2D eigenvalue weighted by Crippen LogP contribution is 2.24. The quantitative estimate of drug-likeness (QED) is 0.719. The largest absolute Gasteiger partial charge is 0.389 e. The highest BCUT2D eigenvalue weighted by atomic mass is 19.4. The van der Waals surface area contributed by atoms with Crippen molar-refractivity contribution in [3.05, 3.63) is 35.4 Å². The molecule has 1 aromatic carbocycles. The van der Waals surface area contributed by atoms with Gasteiger partial charge < -0.3 is 10.1 Å². The van der Waals surface area contributed by atoms with E-state index in [1.807, 2.05) is 45.0 Å². The molecule has 120 valence electrons. The van der Waals surface area contributed by atoms with Gasteiger partial charge in [-0.1, -0.05) is 38.1 Å². The van der Waals surface area contributed by atoms with Crippen LogP contribution in [0.5, 0.6) is 0 Å². The Kier molecular flexibility index (Phi) is 7.18.